The van der Waals surface area contributed by atoms with Crippen LogP contribution in [0.5, 0.6) is 0 Å². The Morgan fingerprint density at radius 3 is 1.91 bits per heavy atom. The van der Waals surface area contributed by atoms with Gasteiger partial charge < -0.3 is 5.11 Å². The molecule has 0 radical (unpaired) electrons. The first-order valence-corrected chi connectivity index (χ1v) is 12.9. The van der Waals surface area contributed by atoms with E-state index in [1.54, 1.807) is 0 Å². The summed E-state index contributed by atoms with van der Waals surface area (Å²) in [5, 5.41) is 12.4. The monoisotopic (exact) mass is 574 g/mol. The van der Waals surface area contributed by atoms with Gasteiger partial charge in [0.15, 0.2) is 5.78 Å². The molecule has 4 aromatic carbocycles. The fourth-order valence-corrected chi connectivity index (χ4v) is 6.34. The van der Waals surface area contributed by atoms with E-state index in [2.05, 4.69) is 56.1 Å². The normalized spacial score (nSPS) is 24.1. The van der Waals surface area contributed by atoms with E-state index in [1.165, 1.54) is 0 Å². The SMILES string of the molecule is O=C(c1ccccc1)[C@H]1[C@H](c2cccc(Br)c2)[C@@H](c2cccc(Br)c2)C[C@]1(O)c1ccccc1. The quantitative estimate of drug-likeness (QED) is 0.246. The molecule has 34 heavy (non-hydrogen) atoms. The molecule has 1 aliphatic carbocycles. The highest BCUT2D eigenvalue weighted by molar-refractivity contribution is 9.10. The third-order valence-corrected chi connectivity index (χ3v) is 7.95. The Morgan fingerprint density at radius 2 is 1.29 bits per heavy atom. The first kappa shape index (κ1) is 23.2. The summed E-state index contributed by atoms with van der Waals surface area (Å²) >= 11 is 7.23. The van der Waals surface area contributed by atoms with Crippen LogP contribution in [0.25, 0.3) is 0 Å². The molecular formula is C30H24Br2O2. The van der Waals surface area contributed by atoms with Crippen LogP contribution in [0.15, 0.2) is 118 Å². The molecule has 0 spiro atoms. The number of carbonyl (C=O) groups excluding carboxylic acids is 1. The minimum absolute atomic E-state index is 0.0329. The summed E-state index contributed by atoms with van der Waals surface area (Å²) in [5.74, 6) is -0.926. The van der Waals surface area contributed by atoms with Gasteiger partial charge in [0.25, 0.3) is 0 Å². The van der Waals surface area contributed by atoms with E-state index in [0.717, 1.165) is 25.6 Å². The van der Waals surface area contributed by atoms with Crippen molar-refractivity contribution in [2.45, 2.75) is 23.9 Å². The average molecular weight is 576 g/mol. The molecule has 0 unspecified atom stereocenters. The molecule has 0 bridgehead atoms. The first-order valence-electron chi connectivity index (χ1n) is 11.4. The predicted octanol–water partition coefficient (Wildman–Crippen LogP) is 7.87. The van der Waals surface area contributed by atoms with Gasteiger partial charge >= 0.3 is 0 Å². The van der Waals surface area contributed by atoms with Crippen LogP contribution in [-0.2, 0) is 5.60 Å². The highest BCUT2D eigenvalue weighted by Gasteiger charge is 2.57. The zero-order chi connectivity index (χ0) is 23.7. The number of Topliss-reactive ketones (excluding diaryl/α,β-unsaturated/α-hetero) is 1. The molecule has 0 aliphatic heterocycles. The van der Waals surface area contributed by atoms with Gasteiger partial charge in [-0.1, -0.05) is 117 Å². The maximum Gasteiger partial charge on any atom is 0.169 e. The van der Waals surface area contributed by atoms with Crippen LogP contribution in [0.2, 0.25) is 0 Å². The zero-order valence-corrected chi connectivity index (χ0v) is 21.6. The topological polar surface area (TPSA) is 37.3 Å². The summed E-state index contributed by atoms with van der Waals surface area (Å²) in [6.07, 6.45) is 0.452. The Kier molecular flexibility index (Phi) is 6.57. The van der Waals surface area contributed by atoms with Crippen LogP contribution in [0.4, 0.5) is 0 Å². The van der Waals surface area contributed by atoms with E-state index in [0.29, 0.717) is 12.0 Å². The third kappa shape index (κ3) is 4.31. The van der Waals surface area contributed by atoms with Crippen molar-refractivity contribution in [2.75, 3.05) is 0 Å². The minimum Gasteiger partial charge on any atom is -0.384 e. The maximum atomic E-state index is 14.2. The van der Waals surface area contributed by atoms with Crippen molar-refractivity contribution in [3.63, 3.8) is 0 Å². The summed E-state index contributed by atoms with van der Waals surface area (Å²) in [4.78, 5) is 14.2. The van der Waals surface area contributed by atoms with E-state index in [1.807, 2.05) is 84.9 Å². The van der Waals surface area contributed by atoms with Crippen LogP contribution in [0, 0.1) is 5.92 Å². The second-order valence-corrected chi connectivity index (χ2v) is 10.8. The van der Waals surface area contributed by atoms with Gasteiger partial charge in [-0.25, -0.2) is 0 Å². The van der Waals surface area contributed by atoms with E-state index >= 15 is 0 Å². The number of halogens is 2. The molecule has 170 valence electrons. The van der Waals surface area contributed by atoms with Gasteiger partial charge in [-0.2, -0.15) is 0 Å². The van der Waals surface area contributed by atoms with Crippen molar-refractivity contribution in [1.82, 2.24) is 0 Å². The standard InChI is InChI=1S/C30H24Br2O2/c31-24-15-7-11-21(17-24)26-19-30(34,23-13-5-2-6-14-23)28(29(33)20-9-3-1-4-10-20)27(26)22-12-8-16-25(32)18-22/h1-18,26-28,34H,19H2/t26-,27-,28-,30+/m1/s1. The van der Waals surface area contributed by atoms with Gasteiger partial charge in [0.05, 0.1) is 5.92 Å². The molecular weight excluding hydrogens is 552 g/mol. The molecule has 4 atom stereocenters. The van der Waals surface area contributed by atoms with Gasteiger partial charge in [0.1, 0.15) is 5.60 Å². The number of hydrogen-bond acceptors (Lipinski definition) is 2. The smallest absolute Gasteiger partial charge is 0.169 e. The highest BCUT2D eigenvalue weighted by Crippen LogP contribution is 2.59. The minimum atomic E-state index is -1.31. The van der Waals surface area contributed by atoms with E-state index in [4.69, 9.17) is 0 Å². The second-order valence-electron chi connectivity index (χ2n) is 8.94. The lowest BCUT2D eigenvalue weighted by molar-refractivity contribution is -0.000258. The van der Waals surface area contributed by atoms with E-state index in [-0.39, 0.29) is 17.6 Å². The number of ketones is 1. The summed E-state index contributed by atoms with van der Waals surface area (Å²) in [6, 6.07) is 35.4. The molecule has 1 fully saturated rings. The maximum absolute atomic E-state index is 14.2. The van der Waals surface area contributed by atoms with Crippen LogP contribution in [0.3, 0.4) is 0 Å². The van der Waals surface area contributed by atoms with E-state index < -0.39 is 11.5 Å². The number of aliphatic hydroxyl groups is 1. The summed E-state index contributed by atoms with van der Waals surface area (Å²) < 4.78 is 1.94. The van der Waals surface area contributed by atoms with Gasteiger partial charge in [-0.15, -0.1) is 0 Å². The first-order chi connectivity index (χ1) is 16.5. The molecule has 1 saturated carbocycles. The van der Waals surface area contributed by atoms with Crippen molar-refractivity contribution < 1.29 is 9.90 Å². The van der Waals surface area contributed by atoms with Crippen LogP contribution in [0.1, 0.15) is 45.3 Å². The molecule has 0 heterocycles. The zero-order valence-electron chi connectivity index (χ0n) is 18.4. The van der Waals surface area contributed by atoms with Crippen LogP contribution < -0.4 is 0 Å². The molecule has 0 aromatic heterocycles. The third-order valence-electron chi connectivity index (χ3n) is 6.96. The molecule has 1 N–H and O–H groups in total. The molecule has 0 amide bonds. The van der Waals surface area contributed by atoms with Crippen molar-refractivity contribution in [3.05, 3.63) is 140 Å². The molecule has 1 aliphatic rings. The van der Waals surface area contributed by atoms with Gasteiger partial charge in [0, 0.05) is 20.4 Å². The van der Waals surface area contributed by atoms with Crippen LogP contribution in [-0.4, -0.2) is 10.9 Å². The lowest BCUT2D eigenvalue weighted by atomic mass is 9.73. The number of rotatable bonds is 5. The largest absolute Gasteiger partial charge is 0.384 e. The van der Waals surface area contributed by atoms with Crippen molar-refractivity contribution >= 4 is 37.6 Å². The number of hydrogen-bond donors (Lipinski definition) is 1. The molecule has 5 rings (SSSR count). The van der Waals surface area contributed by atoms with Gasteiger partial charge in [0.2, 0.25) is 0 Å². The Balaban J connectivity index is 1.75. The van der Waals surface area contributed by atoms with Crippen molar-refractivity contribution in [3.8, 4) is 0 Å². The summed E-state index contributed by atoms with van der Waals surface area (Å²) in [7, 11) is 0. The van der Waals surface area contributed by atoms with Gasteiger partial charge in [-0.05, 0) is 53.3 Å². The molecule has 4 heteroatoms. The Bertz CT molecular complexity index is 1310. The average Bonchev–Trinajstić information content (AvgIpc) is 3.19. The Morgan fingerprint density at radius 1 is 0.735 bits per heavy atom. The van der Waals surface area contributed by atoms with E-state index in [9.17, 15) is 9.90 Å². The predicted molar refractivity (Wildman–Crippen MR) is 143 cm³/mol. The molecule has 4 aromatic rings. The Hall–Kier alpha value is -2.53. The lowest BCUT2D eigenvalue weighted by Gasteiger charge is -2.33. The number of benzene rings is 4. The van der Waals surface area contributed by atoms with Crippen molar-refractivity contribution in [2.24, 2.45) is 5.92 Å². The summed E-state index contributed by atoms with van der Waals surface area (Å²) in [6.45, 7) is 0. The van der Waals surface area contributed by atoms with Crippen molar-refractivity contribution in [1.29, 1.82) is 0 Å². The summed E-state index contributed by atoms with van der Waals surface area (Å²) in [5.41, 5.74) is 2.24. The Labute approximate surface area is 216 Å². The lowest BCUT2D eigenvalue weighted by Crippen LogP contribution is -2.38. The highest BCUT2D eigenvalue weighted by atomic mass is 79.9. The molecule has 0 saturated heterocycles. The van der Waals surface area contributed by atoms with Crippen LogP contribution >= 0.6 is 31.9 Å². The fourth-order valence-electron chi connectivity index (χ4n) is 5.51. The fraction of sp³-hybridized carbons (Fsp3) is 0.167. The second kappa shape index (κ2) is 9.61. The van der Waals surface area contributed by atoms with Gasteiger partial charge in [-0.3, -0.25) is 4.79 Å². The molecule has 2 nitrogen and oxygen atoms in total. The number of carbonyl (C=O) groups is 1.